The summed E-state index contributed by atoms with van der Waals surface area (Å²) in [7, 11) is 0. The lowest BCUT2D eigenvalue weighted by Crippen LogP contribution is -1.99. The second-order valence-corrected chi connectivity index (χ2v) is 7.51. The minimum absolute atomic E-state index is 0.622. The highest BCUT2D eigenvalue weighted by molar-refractivity contribution is 7.98. The first kappa shape index (κ1) is 17.8. The summed E-state index contributed by atoms with van der Waals surface area (Å²) in [6.45, 7) is 3.27. The summed E-state index contributed by atoms with van der Waals surface area (Å²) in [5, 5.41) is 12.2. The largest absolute Gasteiger partial charge is 0.494 e. The van der Waals surface area contributed by atoms with Gasteiger partial charge in [0.05, 0.1) is 25.1 Å². The lowest BCUT2D eigenvalue weighted by atomic mass is 10.2. The summed E-state index contributed by atoms with van der Waals surface area (Å²) in [6.07, 6.45) is 3.39. The molecular formula is C19H18N4O2S2. The van der Waals surface area contributed by atoms with E-state index < -0.39 is 0 Å². The maximum absolute atomic E-state index is 5.49. The van der Waals surface area contributed by atoms with Crippen LogP contribution >= 0.6 is 23.1 Å². The number of aromatic nitrogens is 4. The molecular weight excluding hydrogens is 380 g/mol. The summed E-state index contributed by atoms with van der Waals surface area (Å²) in [5.41, 5.74) is 2.13. The number of hydrogen-bond donors (Lipinski definition) is 0. The number of ether oxygens (including phenoxy) is 1. The highest BCUT2D eigenvalue weighted by Crippen LogP contribution is 2.28. The summed E-state index contributed by atoms with van der Waals surface area (Å²) >= 11 is 3.26. The van der Waals surface area contributed by atoms with Crippen LogP contribution in [0.2, 0.25) is 0 Å². The predicted octanol–water partition coefficient (Wildman–Crippen LogP) is 4.73. The number of thioether (sulfide) groups is 1. The summed E-state index contributed by atoms with van der Waals surface area (Å²) in [4.78, 5) is 4.74. The quantitative estimate of drug-likeness (QED) is 0.400. The van der Waals surface area contributed by atoms with Crippen molar-refractivity contribution < 1.29 is 9.15 Å². The average molecular weight is 399 g/mol. The molecule has 27 heavy (non-hydrogen) atoms. The van der Waals surface area contributed by atoms with Crippen LogP contribution in [0.3, 0.4) is 0 Å². The Morgan fingerprint density at radius 1 is 1.22 bits per heavy atom. The predicted molar refractivity (Wildman–Crippen MR) is 106 cm³/mol. The van der Waals surface area contributed by atoms with Crippen molar-refractivity contribution in [3.8, 4) is 16.3 Å². The molecule has 0 saturated heterocycles. The van der Waals surface area contributed by atoms with E-state index in [1.54, 1.807) is 35.7 Å². The van der Waals surface area contributed by atoms with E-state index in [2.05, 4.69) is 15.6 Å². The van der Waals surface area contributed by atoms with Gasteiger partial charge < -0.3 is 13.7 Å². The smallest absolute Gasteiger partial charge is 0.191 e. The minimum Gasteiger partial charge on any atom is -0.494 e. The second-order valence-electron chi connectivity index (χ2n) is 5.71. The third-order valence-corrected chi connectivity index (χ3v) is 5.75. The Bertz CT molecular complexity index is 978. The SMILES string of the molecule is CCOc1ccc(-c2nc(CSc3nncn3Cc3ccco3)cs2)cc1. The zero-order chi connectivity index (χ0) is 18.5. The number of nitrogens with zero attached hydrogens (tertiary/aromatic N) is 4. The second kappa shape index (κ2) is 8.41. The van der Waals surface area contributed by atoms with E-state index in [9.17, 15) is 0 Å². The monoisotopic (exact) mass is 398 g/mol. The van der Waals surface area contributed by atoms with Crippen molar-refractivity contribution in [2.75, 3.05) is 6.61 Å². The lowest BCUT2D eigenvalue weighted by molar-refractivity contribution is 0.340. The fourth-order valence-corrected chi connectivity index (χ4v) is 4.28. The Labute approximate surface area is 165 Å². The highest BCUT2D eigenvalue weighted by Gasteiger charge is 2.10. The normalized spacial score (nSPS) is 11.0. The molecule has 4 aromatic rings. The molecule has 0 bridgehead atoms. The number of hydrogen-bond acceptors (Lipinski definition) is 7. The van der Waals surface area contributed by atoms with E-state index in [0.717, 1.165) is 38.7 Å². The first-order valence-electron chi connectivity index (χ1n) is 8.52. The third-order valence-electron chi connectivity index (χ3n) is 3.80. The summed E-state index contributed by atoms with van der Waals surface area (Å²) < 4.78 is 12.9. The van der Waals surface area contributed by atoms with E-state index in [1.165, 1.54) is 0 Å². The van der Waals surface area contributed by atoms with Crippen molar-refractivity contribution in [2.24, 2.45) is 0 Å². The molecule has 0 amide bonds. The van der Waals surface area contributed by atoms with Crippen molar-refractivity contribution in [1.29, 1.82) is 0 Å². The van der Waals surface area contributed by atoms with Crippen LogP contribution in [0.1, 0.15) is 18.4 Å². The molecule has 4 rings (SSSR count). The van der Waals surface area contributed by atoms with E-state index in [-0.39, 0.29) is 0 Å². The first-order valence-corrected chi connectivity index (χ1v) is 10.4. The van der Waals surface area contributed by atoms with Crippen molar-refractivity contribution in [3.05, 3.63) is 65.8 Å². The van der Waals surface area contributed by atoms with Crippen LogP contribution in [0.4, 0.5) is 0 Å². The Balaban J connectivity index is 1.39. The molecule has 0 spiro atoms. The molecule has 0 atom stereocenters. The number of thiazole rings is 1. The summed E-state index contributed by atoms with van der Waals surface area (Å²) in [5.74, 6) is 2.50. The average Bonchev–Trinajstić information content (AvgIpc) is 3.44. The molecule has 0 radical (unpaired) electrons. The Morgan fingerprint density at radius 2 is 2.11 bits per heavy atom. The van der Waals surface area contributed by atoms with Gasteiger partial charge in [0.2, 0.25) is 0 Å². The maximum atomic E-state index is 5.49. The van der Waals surface area contributed by atoms with Gasteiger partial charge >= 0.3 is 0 Å². The number of benzene rings is 1. The van der Waals surface area contributed by atoms with Crippen molar-refractivity contribution in [3.63, 3.8) is 0 Å². The van der Waals surface area contributed by atoms with Crippen LogP contribution < -0.4 is 4.74 Å². The van der Waals surface area contributed by atoms with Crippen LogP contribution in [0, 0.1) is 0 Å². The standard InChI is InChI=1S/C19H18N4O2S2/c1-2-24-16-7-5-14(6-8-16)18-21-15(11-26-18)12-27-19-22-20-13-23(19)10-17-4-3-9-25-17/h3-9,11,13H,2,10,12H2,1H3. The molecule has 0 aliphatic carbocycles. The highest BCUT2D eigenvalue weighted by atomic mass is 32.2. The molecule has 0 saturated carbocycles. The molecule has 3 heterocycles. The van der Waals surface area contributed by atoms with Crippen LogP contribution in [0.15, 0.2) is 63.9 Å². The van der Waals surface area contributed by atoms with Gasteiger partial charge in [-0.25, -0.2) is 4.98 Å². The fraction of sp³-hybridized carbons (Fsp3) is 0.211. The van der Waals surface area contributed by atoms with E-state index in [1.807, 2.05) is 47.9 Å². The van der Waals surface area contributed by atoms with Crippen molar-refractivity contribution >= 4 is 23.1 Å². The van der Waals surface area contributed by atoms with E-state index >= 15 is 0 Å². The minimum atomic E-state index is 0.622. The van der Waals surface area contributed by atoms with Gasteiger partial charge in [0.1, 0.15) is 22.8 Å². The Morgan fingerprint density at radius 3 is 2.89 bits per heavy atom. The molecule has 0 fully saturated rings. The van der Waals surface area contributed by atoms with Gasteiger partial charge in [-0.2, -0.15) is 0 Å². The zero-order valence-corrected chi connectivity index (χ0v) is 16.4. The Hall–Kier alpha value is -2.58. The van der Waals surface area contributed by atoms with Crippen molar-refractivity contribution in [1.82, 2.24) is 19.7 Å². The van der Waals surface area contributed by atoms with Crippen LogP contribution in [-0.2, 0) is 12.3 Å². The number of rotatable bonds is 8. The molecule has 138 valence electrons. The summed E-state index contributed by atoms with van der Waals surface area (Å²) in [6, 6.07) is 11.9. The van der Waals surface area contributed by atoms with E-state index in [4.69, 9.17) is 14.1 Å². The molecule has 6 nitrogen and oxygen atoms in total. The fourth-order valence-electron chi connectivity index (χ4n) is 2.54. The van der Waals surface area contributed by atoms with Gasteiger partial charge in [-0.3, -0.25) is 0 Å². The maximum Gasteiger partial charge on any atom is 0.191 e. The molecule has 3 aromatic heterocycles. The number of furan rings is 1. The van der Waals surface area contributed by atoms with Crippen molar-refractivity contribution in [2.45, 2.75) is 24.4 Å². The lowest BCUT2D eigenvalue weighted by Gasteiger charge is -2.03. The molecule has 0 unspecified atom stereocenters. The van der Waals surface area contributed by atoms with Crippen LogP contribution in [-0.4, -0.2) is 26.4 Å². The first-order chi connectivity index (χ1) is 13.3. The third kappa shape index (κ3) is 4.40. The molecule has 0 aliphatic rings. The van der Waals surface area contributed by atoms with Gasteiger partial charge in [0.25, 0.3) is 0 Å². The molecule has 8 heteroatoms. The van der Waals surface area contributed by atoms with Gasteiger partial charge in [-0.05, 0) is 43.3 Å². The Kier molecular flexibility index (Phi) is 5.55. The van der Waals surface area contributed by atoms with Gasteiger partial charge in [0.15, 0.2) is 5.16 Å². The molecule has 0 N–H and O–H groups in total. The van der Waals surface area contributed by atoms with Crippen LogP contribution in [0.5, 0.6) is 5.75 Å². The van der Waals surface area contributed by atoms with Gasteiger partial charge in [-0.1, -0.05) is 11.8 Å². The molecule has 1 aromatic carbocycles. The van der Waals surface area contributed by atoms with E-state index in [0.29, 0.717) is 13.2 Å². The zero-order valence-electron chi connectivity index (χ0n) is 14.7. The van der Waals surface area contributed by atoms with Crippen LogP contribution in [0.25, 0.3) is 10.6 Å². The molecule has 0 aliphatic heterocycles. The topological polar surface area (TPSA) is 66.0 Å². The van der Waals surface area contributed by atoms with Gasteiger partial charge in [-0.15, -0.1) is 21.5 Å². The van der Waals surface area contributed by atoms with Gasteiger partial charge in [0, 0.05) is 16.7 Å².